The van der Waals surface area contributed by atoms with Crippen molar-refractivity contribution in [3.63, 3.8) is 0 Å². The van der Waals surface area contributed by atoms with Crippen molar-refractivity contribution < 1.29 is 14.1 Å². The lowest BCUT2D eigenvalue weighted by Crippen LogP contribution is -2.32. The fourth-order valence-corrected chi connectivity index (χ4v) is 1.11. The Labute approximate surface area is 69.5 Å². The second-order valence-corrected chi connectivity index (χ2v) is 3.22. The molecule has 0 aromatic rings. The molecule has 0 bridgehead atoms. The van der Waals surface area contributed by atoms with Crippen molar-refractivity contribution in [2.24, 2.45) is 0 Å². The minimum absolute atomic E-state index is 0.524. The lowest BCUT2D eigenvalue weighted by molar-refractivity contribution is -0.341. The first-order valence-corrected chi connectivity index (χ1v) is 4.69. The fourth-order valence-electron chi connectivity index (χ4n) is 0.602. The minimum Gasteiger partial charge on any atom is -0.412 e. The van der Waals surface area contributed by atoms with Gasteiger partial charge in [0, 0.05) is 13.7 Å². The van der Waals surface area contributed by atoms with Crippen LogP contribution in [0.4, 0.5) is 0 Å². The third-order valence-corrected chi connectivity index (χ3v) is 1.97. The van der Waals surface area contributed by atoms with Gasteiger partial charge in [0.05, 0.1) is 20.8 Å². The highest BCUT2D eigenvalue weighted by Gasteiger charge is 1.98. The highest BCUT2D eigenvalue weighted by atomic mass is 28.2. The van der Waals surface area contributed by atoms with Crippen molar-refractivity contribution in [1.82, 2.24) is 10.2 Å². The smallest absolute Gasteiger partial charge is 0.235 e. The van der Waals surface area contributed by atoms with E-state index in [0.29, 0.717) is 6.54 Å². The fraction of sp³-hybridized carbons (Fsp3) is 1.00. The molecule has 0 aromatic carbocycles. The van der Waals surface area contributed by atoms with Gasteiger partial charge in [0.25, 0.3) is 0 Å². The summed E-state index contributed by atoms with van der Waals surface area (Å²) in [7, 11) is 4.31. The highest BCUT2D eigenvalue weighted by Crippen LogP contribution is 1.84. The molecule has 0 unspecified atom stereocenters. The largest absolute Gasteiger partial charge is 0.412 e. The SMILES string of the molecule is CO[SiH2]NCCN(OC)OC. The van der Waals surface area contributed by atoms with Crippen LogP contribution in [0.25, 0.3) is 0 Å². The van der Waals surface area contributed by atoms with Crippen LogP contribution in [0.3, 0.4) is 0 Å². The molecule has 0 saturated heterocycles. The molecule has 0 saturated carbocycles. The van der Waals surface area contributed by atoms with Crippen LogP contribution in [0.15, 0.2) is 0 Å². The summed E-state index contributed by atoms with van der Waals surface area (Å²) in [6, 6.07) is 0. The summed E-state index contributed by atoms with van der Waals surface area (Å²) in [5.41, 5.74) is 0. The molecule has 0 amide bonds. The number of hydroxylamine groups is 2. The van der Waals surface area contributed by atoms with Crippen LogP contribution in [-0.4, -0.2) is 49.6 Å². The molecule has 0 radical (unpaired) electrons. The lowest BCUT2D eigenvalue weighted by Gasteiger charge is -2.15. The maximum atomic E-state index is 4.92. The van der Waals surface area contributed by atoms with E-state index in [1.54, 1.807) is 21.3 Å². The predicted octanol–water partition coefficient (Wildman–Crippen LogP) is -1.35. The van der Waals surface area contributed by atoms with E-state index in [2.05, 4.69) is 4.98 Å². The average molecular weight is 180 g/mol. The molecule has 1 N–H and O–H groups in total. The van der Waals surface area contributed by atoms with Gasteiger partial charge < -0.3 is 9.41 Å². The molecule has 0 spiro atoms. The molecule has 0 aliphatic carbocycles. The number of hydrogen-bond acceptors (Lipinski definition) is 5. The number of rotatable bonds is 7. The molecular formula is C5H16N2O3Si. The highest BCUT2D eigenvalue weighted by molar-refractivity contribution is 6.23. The normalized spacial score (nSPS) is 12.0. The molecular weight excluding hydrogens is 164 g/mol. The average Bonchev–Trinajstić information content (AvgIpc) is 2.05. The quantitative estimate of drug-likeness (QED) is 0.298. The zero-order chi connectivity index (χ0) is 8.53. The Morgan fingerprint density at radius 1 is 1.27 bits per heavy atom. The van der Waals surface area contributed by atoms with E-state index in [0.717, 1.165) is 6.54 Å². The van der Waals surface area contributed by atoms with Crippen LogP contribution in [-0.2, 0) is 14.1 Å². The van der Waals surface area contributed by atoms with Crippen molar-refractivity contribution in [3.05, 3.63) is 0 Å². The van der Waals surface area contributed by atoms with Crippen LogP contribution in [0.2, 0.25) is 0 Å². The third kappa shape index (κ3) is 6.42. The van der Waals surface area contributed by atoms with Gasteiger partial charge in [-0.3, -0.25) is 9.68 Å². The van der Waals surface area contributed by atoms with Crippen LogP contribution in [0.5, 0.6) is 0 Å². The Hall–Kier alpha value is 0.0169. The monoisotopic (exact) mass is 180 g/mol. The van der Waals surface area contributed by atoms with Crippen molar-refractivity contribution in [3.8, 4) is 0 Å². The number of nitrogens with zero attached hydrogens (tertiary/aromatic N) is 1. The molecule has 0 aromatic heterocycles. The van der Waals surface area contributed by atoms with Crippen molar-refractivity contribution in [1.29, 1.82) is 0 Å². The van der Waals surface area contributed by atoms with Crippen LogP contribution >= 0.6 is 0 Å². The molecule has 0 atom stereocenters. The number of hydrogen-bond donors (Lipinski definition) is 1. The second kappa shape index (κ2) is 8.12. The summed E-state index contributed by atoms with van der Waals surface area (Å²) < 4.78 is 4.92. The van der Waals surface area contributed by atoms with E-state index < -0.39 is 9.92 Å². The maximum Gasteiger partial charge on any atom is 0.235 e. The van der Waals surface area contributed by atoms with Gasteiger partial charge in [-0.05, 0) is 0 Å². The molecule has 0 heterocycles. The topological polar surface area (TPSA) is 43.0 Å². The van der Waals surface area contributed by atoms with Gasteiger partial charge in [0.1, 0.15) is 0 Å². The second-order valence-electron chi connectivity index (χ2n) is 1.85. The summed E-state index contributed by atoms with van der Waals surface area (Å²) in [5, 5.41) is 1.40. The molecule has 11 heavy (non-hydrogen) atoms. The molecule has 0 aliphatic heterocycles. The zero-order valence-corrected chi connectivity index (χ0v) is 8.71. The van der Waals surface area contributed by atoms with E-state index in [4.69, 9.17) is 14.1 Å². The molecule has 0 rings (SSSR count). The van der Waals surface area contributed by atoms with E-state index >= 15 is 0 Å². The molecule has 6 heteroatoms. The van der Waals surface area contributed by atoms with E-state index in [1.807, 2.05) is 0 Å². The summed E-state index contributed by atoms with van der Waals surface area (Å²) in [5.74, 6) is 0. The molecule has 0 aliphatic rings. The van der Waals surface area contributed by atoms with Crippen molar-refractivity contribution in [2.75, 3.05) is 34.4 Å². The van der Waals surface area contributed by atoms with Gasteiger partial charge in [0.15, 0.2) is 0 Å². The Morgan fingerprint density at radius 2 is 1.91 bits per heavy atom. The maximum absolute atomic E-state index is 4.92. The lowest BCUT2D eigenvalue weighted by atomic mass is 10.7. The zero-order valence-electron chi connectivity index (χ0n) is 7.29. The predicted molar refractivity (Wildman–Crippen MR) is 44.3 cm³/mol. The minimum atomic E-state index is -0.524. The van der Waals surface area contributed by atoms with Crippen LogP contribution in [0.1, 0.15) is 0 Å². The summed E-state index contributed by atoms with van der Waals surface area (Å²) in [6.07, 6.45) is 0. The molecule has 68 valence electrons. The molecule has 0 fully saturated rings. The Bertz CT molecular complexity index is 82.1. The number of nitrogens with one attached hydrogen (secondary N) is 1. The van der Waals surface area contributed by atoms with E-state index in [9.17, 15) is 0 Å². The Balaban J connectivity index is 3.07. The van der Waals surface area contributed by atoms with E-state index in [-0.39, 0.29) is 0 Å². The van der Waals surface area contributed by atoms with Crippen molar-refractivity contribution >= 4 is 9.92 Å². The van der Waals surface area contributed by atoms with Gasteiger partial charge in [-0.15, -0.1) is 0 Å². The third-order valence-electron chi connectivity index (χ3n) is 1.12. The van der Waals surface area contributed by atoms with Gasteiger partial charge in [0.2, 0.25) is 9.92 Å². The summed E-state index contributed by atoms with van der Waals surface area (Å²) in [4.78, 5) is 12.8. The van der Waals surface area contributed by atoms with Crippen LogP contribution < -0.4 is 4.98 Å². The van der Waals surface area contributed by atoms with Gasteiger partial charge in [-0.1, -0.05) is 5.23 Å². The Morgan fingerprint density at radius 3 is 2.36 bits per heavy atom. The first-order chi connectivity index (χ1) is 5.35. The van der Waals surface area contributed by atoms with E-state index in [1.165, 1.54) is 5.23 Å². The van der Waals surface area contributed by atoms with Gasteiger partial charge in [-0.25, -0.2) is 0 Å². The first kappa shape index (κ1) is 11.0. The van der Waals surface area contributed by atoms with Gasteiger partial charge >= 0.3 is 0 Å². The standard InChI is InChI=1S/C5H16N2O3Si/c1-8-7(9-2)5-4-6-11-10-3/h6H,4-5,11H2,1-3H3. The molecule has 5 nitrogen and oxygen atoms in total. The van der Waals surface area contributed by atoms with Crippen LogP contribution in [0, 0.1) is 0 Å². The van der Waals surface area contributed by atoms with Gasteiger partial charge in [-0.2, -0.15) is 0 Å². The summed E-state index contributed by atoms with van der Waals surface area (Å²) >= 11 is 0. The summed E-state index contributed by atoms with van der Waals surface area (Å²) in [6.45, 7) is 1.52. The first-order valence-electron chi connectivity index (χ1n) is 3.40. The van der Waals surface area contributed by atoms with Crippen molar-refractivity contribution in [2.45, 2.75) is 0 Å². The Kier molecular flexibility index (Phi) is 8.13.